The predicted octanol–water partition coefficient (Wildman–Crippen LogP) is 1.82. The number of anilines is 1. The summed E-state index contributed by atoms with van der Waals surface area (Å²) < 4.78 is 5.22. The number of rotatable bonds is 6. The number of hydrogen-bond donors (Lipinski definition) is 2. The van der Waals surface area contributed by atoms with Gasteiger partial charge >= 0.3 is 0 Å². The molecule has 0 radical (unpaired) electrons. The molecule has 1 heterocycles. The van der Waals surface area contributed by atoms with Crippen molar-refractivity contribution in [2.75, 3.05) is 11.9 Å². The highest BCUT2D eigenvalue weighted by molar-refractivity contribution is 7.15. The number of carbonyl (C=O) groups excluding carboxylic acids is 1. The highest BCUT2D eigenvalue weighted by Crippen LogP contribution is 2.17. The third-order valence-corrected chi connectivity index (χ3v) is 3.33. The van der Waals surface area contributed by atoms with Crippen molar-refractivity contribution in [2.45, 2.75) is 20.1 Å². The first kappa shape index (κ1) is 14.6. The zero-order valence-corrected chi connectivity index (χ0v) is 11.8. The van der Waals surface area contributed by atoms with Crippen LogP contribution in [0.25, 0.3) is 0 Å². The largest absolute Gasteiger partial charge is 0.392 e. The van der Waals surface area contributed by atoms with E-state index in [2.05, 4.69) is 15.5 Å². The summed E-state index contributed by atoms with van der Waals surface area (Å²) in [7, 11) is 0. The van der Waals surface area contributed by atoms with Crippen LogP contribution in [0, 0.1) is 0 Å². The Morgan fingerprint density at radius 3 is 2.75 bits per heavy atom. The van der Waals surface area contributed by atoms with Gasteiger partial charge in [0.15, 0.2) is 0 Å². The minimum Gasteiger partial charge on any atom is -0.392 e. The molecule has 1 amide bonds. The summed E-state index contributed by atoms with van der Waals surface area (Å²) in [6.45, 7) is 2.87. The molecular formula is C13H15N3O3S. The fourth-order valence-corrected chi connectivity index (χ4v) is 2.16. The lowest BCUT2D eigenvalue weighted by Gasteiger charge is -2.02. The average Bonchev–Trinajstić information content (AvgIpc) is 2.92. The summed E-state index contributed by atoms with van der Waals surface area (Å²) in [4.78, 5) is 12.0. The number of hydrogen-bond acceptors (Lipinski definition) is 6. The highest BCUT2D eigenvalue weighted by Gasteiger charge is 2.10. The van der Waals surface area contributed by atoms with E-state index in [9.17, 15) is 4.79 Å². The first-order chi connectivity index (χ1) is 9.72. The Hall–Kier alpha value is -1.83. The predicted molar refractivity (Wildman–Crippen MR) is 75.6 cm³/mol. The Morgan fingerprint density at radius 1 is 1.35 bits per heavy atom. The Morgan fingerprint density at radius 2 is 2.10 bits per heavy atom. The molecule has 0 aliphatic rings. The van der Waals surface area contributed by atoms with Crippen LogP contribution in [-0.2, 0) is 18.0 Å². The minimum absolute atomic E-state index is 0.0426. The van der Waals surface area contributed by atoms with E-state index in [0.29, 0.717) is 23.9 Å². The Balaban J connectivity index is 1.97. The maximum absolute atomic E-state index is 12.0. The van der Waals surface area contributed by atoms with Crippen molar-refractivity contribution in [3.05, 3.63) is 40.4 Å². The molecule has 6 nitrogen and oxygen atoms in total. The number of nitrogens with one attached hydrogen (secondary N) is 1. The molecule has 0 saturated heterocycles. The normalized spacial score (nSPS) is 10.5. The first-order valence-corrected chi connectivity index (χ1v) is 6.96. The summed E-state index contributed by atoms with van der Waals surface area (Å²) in [5.41, 5.74) is 1.26. The number of benzene rings is 1. The lowest BCUT2D eigenvalue weighted by molar-refractivity contribution is 0.102. The van der Waals surface area contributed by atoms with E-state index in [0.717, 1.165) is 10.6 Å². The molecule has 0 atom stereocenters. The van der Waals surface area contributed by atoms with Crippen LogP contribution in [-0.4, -0.2) is 27.8 Å². The summed E-state index contributed by atoms with van der Waals surface area (Å²) in [5, 5.41) is 20.6. The molecule has 20 heavy (non-hydrogen) atoms. The van der Waals surface area contributed by atoms with Gasteiger partial charge in [0.05, 0.1) is 6.61 Å². The van der Waals surface area contributed by atoms with Crippen molar-refractivity contribution < 1.29 is 14.6 Å². The monoisotopic (exact) mass is 293 g/mol. The van der Waals surface area contributed by atoms with Crippen LogP contribution in [0.5, 0.6) is 0 Å². The van der Waals surface area contributed by atoms with Crippen LogP contribution in [0.1, 0.15) is 27.9 Å². The zero-order chi connectivity index (χ0) is 14.4. The number of aliphatic hydroxyl groups is 1. The maximum Gasteiger partial charge on any atom is 0.257 e. The van der Waals surface area contributed by atoms with E-state index in [1.165, 1.54) is 11.3 Å². The molecule has 1 aromatic carbocycles. The molecule has 0 aliphatic heterocycles. The second kappa shape index (κ2) is 7.09. The number of aliphatic hydroxyl groups excluding tert-OH is 1. The Kier molecular flexibility index (Phi) is 5.16. The quantitative estimate of drug-likeness (QED) is 0.848. The Labute approximate surface area is 120 Å². The summed E-state index contributed by atoms with van der Waals surface area (Å²) in [6.07, 6.45) is 0. The van der Waals surface area contributed by atoms with Gasteiger partial charge in [0.1, 0.15) is 11.6 Å². The van der Waals surface area contributed by atoms with Crippen molar-refractivity contribution >= 4 is 22.4 Å². The average molecular weight is 293 g/mol. The van der Waals surface area contributed by atoms with Gasteiger partial charge in [-0.3, -0.25) is 10.1 Å². The molecule has 0 aliphatic carbocycles. The van der Waals surface area contributed by atoms with E-state index in [1.54, 1.807) is 24.3 Å². The van der Waals surface area contributed by atoms with Gasteiger partial charge in [-0.05, 0) is 24.6 Å². The van der Waals surface area contributed by atoms with Crippen LogP contribution >= 0.6 is 11.3 Å². The van der Waals surface area contributed by atoms with Crippen molar-refractivity contribution in [2.24, 2.45) is 0 Å². The second-order valence-corrected chi connectivity index (χ2v) is 5.01. The lowest BCUT2D eigenvalue weighted by atomic mass is 10.1. The number of amides is 1. The fourth-order valence-electron chi connectivity index (χ4n) is 1.48. The van der Waals surface area contributed by atoms with Gasteiger partial charge in [-0.2, -0.15) is 0 Å². The summed E-state index contributed by atoms with van der Waals surface area (Å²) in [6, 6.07) is 6.72. The van der Waals surface area contributed by atoms with Gasteiger partial charge in [-0.25, -0.2) is 0 Å². The maximum atomic E-state index is 12.0. The van der Waals surface area contributed by atoms with Crippen molar-refractivity contribution in [3.8, 4) is 0 Å². The van der Waals surface area contributed by atoms with Gasteiger partial charge in [0.25, 0.3) is 5.91 Å². The minimum atomic E-state index is -0.256. The van der Waals surface area contributed by atoms with Crippen LogP contribution in [0.3, 0.4) is 0 Å². The van der Waals surface area contributed by atoms with Crippen molar-refractivity contribution in [1.29, 1.82) is 0 Å². The van der Waals surface area contributed by atoms with Gasteiger partial charge < -0.3 is 9.84 Å². The van der Waals surface area contributed by atoms with E-state index in [1.807, 2.05) is 6.92 Å². The molecule has 0 bridgehead atoms. The van der Waals surface area contributed by atoms with Crippen LogP contribution < -0.4 is 5.32 Å². The van der Waals surface area contributed by atoms with E-state index < -0.39 is 0 Å². The molecule has 0 spiro atoms. The topological polar surface area (TPSA) is 84.3 Å². The zero-order valence-electron chi connectivity index (χ0n) is 11.0. The molecule has 7 heteroatoms. The third-order valence-electron chi connectivity index (χ3n) is 2.52. The fraction of sp³-hybridized carbons (Fsp3) is 0.308. The molecule has 2 N–H and O–H groups in total. The van der Waals surface area contributed by atoms with E-state index in [4.69, 9.17) is 9.84 Å². The molecular weight excluding hydrogens is 278 g/mol. The third kappa shape index (κ3) is 3.83. The number of nitrogens with zero attached hydrogens (tertiary/aromatic N) is 2. The molecule has 1 aromatic heterocycles. The van der Waals surface area contributed by atoms with Gasteiger partial charge in [0.2, 0.25) is 5.13 Å². The molecule has 2 rings (SSSR count). The van der Waals surface area contributed by atoms with Crippen LogP contribution in [0.4, 0.5) is 5.13 Å². The molecule has 0 saturated carbocycles. The highest BCUT2D eigenvalue weighted by atomic mass is 32.1. The van der Waals surface area contributed by atoms with Gasteiger partial charge in [0, 0.05) is 12.2 Å². The first-order valence-electron chi connectivity index (χ1n) is 6.14. The van der Waals surface area contributed by atoms with Crippen LogP contribution in [0.15, 0.2) is 24.3 Å². The number of aromatic nitrogens is 2. The van der Waals surface area contributed by atoms with Gasteiger partial charge in [-0.15, -0.1) is 10.2 Å². The smallest absolute Gasteiger partial charge is 0.257 e. The van der Waals surface area contributed by atoms with Crippen molar-refractivity contribution in [3.63, 3.8) is 0 Å². The summed E-state index contributed by atoms with van der Waals surface area (Å²) in [5.74, 6) is -0.256. The number of ether oxygens (including phenoxy) is 1. The molecule has 106 valence electrons. The van der Waals surface area contributed by atoms with Crippen molar-refractivity contribution in [1.82, 2.24) is 10.2 Å². The van der Waals surface area contributed by atoms with E-state index in [-0.39, 0.29) is 12.5 Å². The number of carbonyl (C=O) groups is 1. The van der Waals surface area contributed by atoms with E-state index >= 15 is 0 Å². The SMILES string of the molecule is CCOCc1nnc(NC(=O)c2ccc(CO)cc2)s1. The second-order valence-electron chi connectivity index (χ2n) is 3.95. The Bertz CT molecular complexity index is 568. The molecule has 2 aromatic rings. The molecule has 0 fully saturated rings. The molecule has 0 unspecified atom stereocenters. The van der Waals surface area contributed by atoms with Crippen LogP contribution in [0.2, 0.25) is 0 Å². The standard InChI is InChI=1S/C13H15N3O3S/c1-2-19-8-11-15-16-13(20-11)14-12(18)10-5-3-9(7-17)4-6-10/h3-6,17H,2,7-8H2,1H3,(H,14,16,18). The summed E-state index contributed by atoms with van der Waals surface area (Å²) >= 11 is 1.28. The van der Waals surface area contributed by atoms with Gasteiger partial charge in [-0.1, -0.05) is 23.5 Å². The lowest BCUT2D eigenvalue weighted by Crippen LogP contribution is -2.11.